The Labute approximate surface area is 91.3 Å². The largest absolute Gasteiger partial charge is 0.303 e. The number of pyridine rings is 1. The van der Waals surface area contributed by atoms with E-state index in [1.165, 1.54) is 43.5 Å². The normalized spacial score (nSPS) is 30.7. The van der Waals surface area contributed by atoms with Gasteiger partial charge in [0.2, 0.25) is 0 Å². The fourth-order valence-corrected chi connectivity index (χ4v) is 3.29. The number of aromatic nitrogens is 1. The van der Waals surface area contributed by atoms with E-state index >= 15 is 0 Å². The molecular weight excluding hydrogens is 184 g/mol. The highest BCUT2D eigenvalue weighted by Gasteiger charge is 2.34. The Morgan fingerprint density at radius 1 is 1.40 bits per heavy atom. The molecule has 0 N–H and O–H groups in total. The zero-order valence-electron chi connectivity index (χ0n) is 9.32. The van der Waals surface area contributed by atoms with Crippen LogP contribution in [0.25, 0.3) is 0 Å². The molecule has 15 heavy (non-hydrogen) atoms. The maximum atomic E-state index is 4.52. The summed E-state index contributed by atoms with van der Waals surface area (Å²) >= 11 is 0. The molecule has 0 bridgehead atoms. The van der Waals surface area contributed by atoms with E-state index in [-0.39, 0.29) is 0 Å². The highest BCUT2D eigenvalue weighted by atomic mass is 15.1. The van der Waals surface area contributed by atoms with Crippen LogP contribution in [0.15, 0.2) is 18.3 Å². The fraction of sp³-hybridized carbons (Fsp3) is 0.615. The Hall–Kier alpha value is -0.890. The van der Waals surface area contributed by atoms with E-state index in [1.807, 2.05) is 6.20 Å². The van der Waals surface area contributed by atoms with Crippen molar-refractivity contribution in [3.63, 3.8) is 0 Å². The molecule has 1 aromatic rings. The number of fused-ring (bicyclic) bond motifs is 3. The first-order chi connectivity index (χ1) is 7.36. The Balaban J connectivity index is 1.99. The second-order valence-corrected chi connectivity index (χ2v) is 4.87. The molecule has 0 amide bonds. The molecule has 1 aliphatic heterocycles. The molecule has 0 spiro atoms. The van der Waals surface area contributed by atoms with Gasteiger partial charge in [-0.25, -0.2) is 0 Å². The molecular formula is C13H18N2. The van der Waals surface area contributed by atoms with Crippen LogP contribution in [0, 0.1) is 0 Å². The monoisotopic (exact) mass is 202 g/mol. The van der Waals surface area contributed by atoms with Gasteiger partial charge in [0.1, 0.15) is 0 Å². The molecule has 80 valence electrons. The van der Waals surface area contributed by atoms with Crippen LogP contribution >= 0.6 is 0 Å². The zero-order chi connectivity index (χ0) is 10.3. The maximum Gasteiger partial charge on any atom is 0.0439 e. The molecule has 2 atom stereocenters. The van der Waals surface area contributed by atoms with Crippen molar-refractivity contribution in [3.8, 4) is 0 Å². The van der Waals surface area contributed by atoms with Crippen molar-refractivity contribution in [1.29, 1.82) is 0 Å². The third kappa shape index (κ3) is 1.48. The van der Waals surface area contributed by atoms with Gasteiger partial charge in [0.15, 0.2) is 0 Å². The summed E-state index contributed by atoms with van der Waals surface area (Å²) in [4.78, 5) is 7.06. The van der Waals surface area contributed by atoms with Crippen LogP contribution < -0.4 is 0 Å². The van der Waals surface area contributed by atoms with Crippen LogP contribution in [0.4, 0.5) is 0 Å². The van der Waals surface area contributed by atoms with Gasteiger partial charge in [-0.2, -0.15) is 0 Å². The van der Waals surface area contributed by atoms with Gasteiger partial charge in [-0.3, -0.25) is 4.98 Å². The lowest BCUT2D eigenvalue weighted by Crippen LogP contribution is -2.44. The summed E-state index contributed by atoms with van der Waals surface area (Å²) in [6, 6.07) is 5.16. The van der Waals surface area contributed by atoms with Crippen molar-refractivity contribution < 1.29 is 0 Å². The van der Waals surface area contributed by atoms with Gasteiger partial charge in [0.05, 0.1) is 0 Å². The molecule has 0 aromatic carbocycles. The predicted octanol–water partition coefficient (Wildman–Crippen LogP) is 2.21. The standard InChI is InChI=1S/C13H18N2/c1-15-9-3-5-11-10-4-2-8-14-12(10)6-7-13(11)15/h2,4,8,11,13H,3,5-7,9H2,1H3/t11-,13+/m0/s1. The second-order valence-electron chi connectivity index (χ2n) is 4.87. The van der Waals surface area contributed by atoms with Gasteiger partial charge in [0.25, 0.3) is 0 Å². The van der Waals surface area contributed by atoms with Crippen LogP contribution in [-0.4, -0.2) is 29.5 Å². The Morgan fingerprint density at radius 2 is 2.33 bits per heavy atom. The first-order valence-electron chi connectivity index (χ1n) is 6.00. The average molecular weight is 202 g/mol. The summed E-state index contributed by atoms with van der Waals surface area (Å²) in [6.45, 7) is 1.27. The summed E-state index contributed by atoms with van der Waals surface area (Å²) in [5, 5.41) is 0. The summed E-state index contributed by atoms with van der Waals surface area (Å²) in [5.41, 5.74) is 2.88. The average Bonchev–Trinajstić information content (AvgIpc) is 2.29. The third-order valence-corrected chi connectivity index (χ3v) is 4.06. The topological polar surface area (TPSA) is 16.1 Å². The third-order valence-electron chi connectivity index (χ3n) is 4.06. The van der Waals surface area contributed by atoms with E-state index < -0.39 is 0 Å². The van der Waals surface area contributed by atoms with Gasteiger partial charge in [-0.05, 0) is 50.9 Å². The smallest absolute Gasteiger partial charge is 0.0439 e. The van der Waals surface area contributed by atoms with Crippen molar-refractivity contribution in [2.75, 3.05) is 13.6 Å². The summed E-state index contributed by atoms with van der Waals surface area (Å²) < 4.78 is 0. The van der Waals surface area contributed by atoms with Crippen LogP contribution in [0.5, 0.6) is 0 Å². The lowest BCUT2D eigenvalue weighted by Gasteiger charge is -2.42. The molecule has 0 saturated carbocycles. The number of rotatable bonds is 0. The number of piperidine rings is 1. The number of aryl methyl sites for hydroxylation is 1. The molecule has 1 aliphatic carbocycles. The lowest BCUT2D eigenvalue weighted by atomic mass is 9.76. The predicted molar refractivity (Wildman–Crippen MR) is 61.0 cm³/mol. The van der Waals surface area contributed by atoms with Crippen molar-refractivity contribution in [2.45, 2.75) is 37.6 Å². The van der Waals surface area contributed by atoms with Gasteiger partial charge in [-0.15, -0.1) is 0 Å². The molecule has 1 saturated heterocycles. The molecule has 2 nitrogen and oxygen atoms in total. The van der Waals surface area contributed by atoms with E-state index in [0.29, 0.717) is 0 Å². The summed E-state index contributed by atoms with van der Waals surface area (Å²) in [5.74, 6) is 0.751. The number of likely N-dealkylation sites (N-methyl/N-ethyl adjacent to an activating group) is 1. The maximum absolute atomic E-state index is 4.52. The SMILES string of the molecule is CN1CCC[C@H]2c3cccnc3CC[C@H]21. The van der Waals surface area contributed by atoms with Crippen molar-refractivity contribution in [1.82, 2.24) is 9.88 Å². The molecule has 1 aromatic heterocycles. The Kier molecular flexibility index (Phi) is 2.24. The van der Waals surface area contributed by atoms with Gasteiger partial charge in [0, 0.05) is 23.9 Å². The van der Waals surface area contributed by atoms with Gasteiger partial charge < -0.3 is 4.90 Å². The lowest BCUT2D eigenvalue weighted by molar-refractivity contribution is 0.143. The molecule has 2 aliphatic rings. The van der Waals surface area contributed by atoms with Gasteiger partial charge >= 0.3 is 0 Å². The molecule has 2 heteroatoms. The molecule has 3 rings (SSSR count). The van der Waals surface area contributed by atoms with E-state index in [4.69, 9.17) is 0 Å². The summed E-state index contributed by atoms with van der Waals surface area (Å²) in [6.07, 6.45) is 7.10. The first-order valence-corrected chi connectivity index (χ1v) is 6.00. The molecule has 2 heterocycles. The number of hydrogen-bond acceptors (Lipinski definition) is 2. The van der Waals surface area contributed by atoms with Crippen molar-refractivity contribution >= 4 is 0 Å². The highest BCUT2D eigenvalue weighted by molar-refractivity contribution is 5.29. The first kappa shape index (κ1) is 9.34. The van der Waals surface area contributed by atoms with Crippen LogP contribution in [0.2, 0.25) is 0 Å². The van der Waals surface area contributed by atoms with E-state index in [1.54, 1.807) is 0 Å². The summed E-state index contributed by atoms with van der Waals surface area (Å²) in [7, 11) is 2.28. The van der Waals surface area contributed by atoms with Crippen LogP contribution in [0.3, 0.4) is 0 Å². The van der Waals surface area contributed by atoms with Crippen LogP contribution in [0.1, 0.15) is 36.4 Å². The van der Waals surface area contributed by atoms with E-state index in [0.717, 1.165) is 12.0 Å². The minimum absolute atomic E-state index is 0.751. The van der Waals surface area contributed by atoms with E-state index in [2.05, 4.69) is 29.1 Å². The van der Waals surface area contributed by atoms with Crippen LogP contribution in [-0.2, 0) is 6.42 Å². The van der Waals surface area contributed by atoms with E-state index in [9.17, 15) is 0 Å². The fourth-order valence-electron chi connectivity index (χ4n) is 3.29. The van der Waals surface area contributed by atoms with Crippen molar-refractivity contribution in [2.24, 2.45) is 0 Å². The van der Waals surface area contributed by atoms with Gasteiger partial charge in [-0.1, -0.05) is 6.07 Å². The quantitative estimate of drug-likeness (QED) is 0.641. The zero-order valence-corrected chi connectivity index (χ0v) is 9.32. The Bertz CT molecular complexity index is 361. The molecule has 0 radical (unpaired) electrons. The minimum Gasteiger partial charge on any atom is -0.303 e. The van der Waals surface area contributed by atoms with Crippen molar-refractivity contribution in [3.05, 3.63) is 29.6 Å². The Morgan fingerprint density at radius 3 is 3.27 bits per heavy atom. The second kappa shape index (κ2) is 3.60. The number of likely N-dealkylation sites (tertiary alicyclic amines) is 1. The minimum atomic E-state index is 0.751. The number of hydrogen-bond donors (Lipinski definition) is 0. The number of nitrogens with zero attached hydrogens (tertiary/aromatic N) is 2. The molecule has 0 unspecified atom stereocenters. The highest BCUT2D eigenvalue weighted by Crippen LogP contribution is 2.38. The molecule has 1 fully saturated rings.